The van der Waals surface area contributed by atoms with Crippen LogP contribution < -0.4 is 0 Å². The monoisotopic (exact) mass is 222 g/mol. The van der Waals surface area contributed by atoms with Crippen molar-refractivity contribution in [3.05, 3.63) is 45.1 Å². The molecule has 0 aliphatic rings. The number of benzene rings is 1. The number of nitro groups is 1. The number of hydrogen-bond donors (Lipinski definition) is 0. The summed E-state index contributed by atoms with van der Waals surface area (Å²) >= 11 is 5.77. The first kappa shape index (κ1) is 9.86. The van der Waals surface area contributed by atoms with Gasteiger partial charge in [-0.2, -0.15) is 0 Å². The first-order valence-electron chi connectivity index (χ1n) is 4.30. The van der Waals surface area contributed by atoms with Crippen molar-refractivity contribution in [1.82, 2.24) is 4.98 Å². The maximum atomic E-state index is 10.8. The predicted octanol–water partition coefficient (Wildman–Crippen LogP) is 3.10. The third-order valence-electron chi connectivity index (χ3n) is 2.19. The molecule has 0 saturated carbocycles. The lowest BCUT2D eigenvalue weighted by Crippen LogP contribution is -1.92. The lowest BCUT2D eigenvalue weighted by Gasteiger charge is -2.02. The van der Waals surface area contributed by atoms with E-state index in [1.54, 1.807) is 18.2 Å². The number of aromatic nitrogens is 1. The molecule has 0 N–H and O–H groups in total. The molecule has 76 valence electrons. The third-order valence-corrected chi connectivity index (χ3v) is 2.38. The number of hydrogen-bond acceptors (Lipinski definition) is 3. The summed E-state index contributed by atoms with van der Waals surface area (Å²) < 4.78 is 0. The molecule has 0 saturated heterocycles. The minimum Gasteiger partial charge on any atom is -0.258 e. The Bertz CT molecular complexity index is 554. The molecule has 15 heavy (non-hydrogen) atoms. The zero-order chi connectivity index (χ0) is 11.0. The second-order valence-electron chi connectivity index (χ2n) is 3.19. The van der Waals surface area contributed by atoms with E-state index in [1.807, 2.05) is 6.92 Å². The van der Waals surface area contributed by atoms with Crippen LogP contribution in [0.3, 0.4) is 0 Å². The average Bonchev–Trinajstić information content (AvgIpc) is 2.16. The number of nitro benzene ring substituents is 1. The largest absolute Gasteiger partial charge is 0.295 e. The van der Waals surface area contributed by atoms with Gasteiger partial charge in [-0.05, 0) is 18.6 Å². The summed E-state index contributed by atoms with van der Waals surface area (Å²) in [5.74, 6) is 0. The van der Waals surface area contributed by atoms with Crippen molar-refractivity contribution in [3.63, 3.8) is 0 Å². The van der Waals surface area contributed by atoms with Crippen molar-refractivity contribution < 1.29 is 4.92 Å². The summed E-state index contributed by atoms with van der Waals surface area (Å²) in [6, 6.07) is 6.54. The van der Waals surface area contributed by atoms with Gasteiger partial charge in [-0.25, -0.2) is 4.98 Å². The van der Waals surface area contributed by atoms with Gasteiger partial charge in [-0.3, -0.25) is 10.1 Å². The van der Waals surface area contributed by atoms with Crippen LogP contribution in [0.25, 0.3) is 10.9 Å². The lowest BCUT2D eigenvalue weighted by molar-refractivity contribution is -0.383. The van der Waals surface area contributed by atoms with Gasteiger partial charge < -0.3 is 0 Å². The van der Waals surface area contributed by atoms with Crippen LogP contribution in [0.1, 0.15) is 5.56 Å². The highest BCUT2D eigenvalue weighted by atomic mass is 35.5. The predicted molar refractivity (Wildman–Crippen MR) is 58.1 cm³/mol. The first-order chi connectivity index (χ1) is 7.09. The number of nitrogens with zero attached hydrogens (tertiary/aromatic N) is 2. The summed E-state index contributed by atoms with van der Waals surface area (Å²) in [6.45, 7) is 1.85. The van der Waals surface area contributed by atoms with E-state index in [1.165, 1.54) is 6.07 Å². The zero-order valence-electron chi connectivity index (χ0n) is 7.90. The Morgan fingerprint density at radius 3 is 2.87 bits per heavy atom. The molecule has 2 rings (SSSR count). The molecule has 0 fully saturated rings. The van der Waals surface area contributed by atoms with Gasteiger partial charge in [0.25, 0.3) is 5.69 Å². The number of aryl methyl sites for hydroxylation is 1. The van der Waals surface area contributed by atoms with Crippen LogP contribution in [0, 0.1) is 17.0 Å². The van der Waals surface area contributed by atoms with Crippen LogP contribution in [0.15, 0.2) is 24.3 Å². The Kier molecular flexibility index (Phi) is 2.28. The van der Waals surface area contributed by atoms with Gasteiger partial charge in [0, 0.05) is 11.5 Å². The molecule has 0 unspecified atom stereocenters. The third kappa shape index (κ3) is 1.64. The quantitative estimate of drug-likeness (QED) is 0.423. The Balaban J connectivity index is 2.91. The van der Waals surface area contributed by atoms with Crippen LogP contribution in [0.4, 0.5) is 5.69 Å². The molecule has 4 nitrogen and oxygen atoms in total. The Morgan fingerprint density at radius 1 is 1.47 bits per heavy atom. The average molecular weight is 223 g/mol. The summed E-state index contributed by atoms with van der Waals surface area (Å²) in [7, 11) is 0. The molecule has 1 aromatic carbocycles. The highest BCUT2D eigenvalue weighted by Gasteiger charge is 2.14. The van der Waals surface area contributed by atoms with Gasteiger partial charge in [0.15, 0.2) is 0 Å². The van der Waals surface area contributed by atoms with E-state index in [0.717, 1.165) is 10.9 Å². The molecule has 5 heteroatoms. The first-order valence-corrected chi connectivity index (χ1v) is 4.67. The van der Waals surface area contributed by atoms with E-state index < -0.39 is 4.92 Å². The maximum absolute atomic E-state index is 10.8. The normalized spacial score (nSPS) is 10.5. The SMILES string of the molecule is Cc1cc(Cl)nc2c([N+](=O)[O-])cccc12. The minimum absolute atomic E-state index is 0.0156. The maximum Gasteiger partial charge on any atom is 0.295 e. The number of non-ortho nitro benzene ring substituents is 1. The Labute approximate surface area is 90.7 Å². The molecule has 1 aromatic heterocycles. The van der Waals surface area contributed by atoms with Crippen molar-refractivity contribution >= 4 is 28.2 Å². The number of fused-ring (bicyclic) bond motifs is 1. The topological polar surface area (TPSA) is 56.0 Å². The molecule has 0 aliphatic carbocycles. The lowest BCUT2D eigenvalue weighted by atomic mass is 10.1. The van der Waals surface area contributed by atoms with E-state index in [-0.39, 0.29) is 10.8 Å². The summed E-state index contributed by atoms with van der Waals surface area (Å²) in [5, 5.41) is 11.8. The minimum atomic E-state index is -0.453. The molecule has 0 spiro atoms. The highest BCUT2D eigenvalue weighted by molar-refractivity contribution is 6.30. The Hall–Kier alpha value is -1.68. The molecule has 2 aromatic rings. The molecule has 1 heterocycles. The molecule has 0 bridgehead atoms. The smallest absolute Gasteiger partial charge is 0.258 e. The van der Waals surface area contributed by atoms with Gasteiger partial charge in [0.1, 0.15) is 10.7 Å². The fourth-order valence-electron chi connectivity index (χ4n) is 1.51. The number of para-hydroxylation sites is 1. The van der Waals surface area contributed by atoms with Crippen molar-refractivity contribution in [2.24, 2.45) is 0 Å². The second kappa shape index (κ2) is 3.47. The number of pyridine rings is 1. The highest BCUT2D eigenvalue weighted by Crippen LogP contribution is 2.27. The fraction of sp³-hybridized carbons (Fsp3) is 0.100. The molecule has 0 atom stereocenters. The summed E-state index contributed by atoms with van der Waals surface area (Å²) in [5.41, 5.74) is 1.21. The van der Waals surface area contributed by atoms with Gasteiger partial charge >= 0.3 is 0 Å². The van der Waals surface area contributed by atoms with Gasteiger partial charge in [-0.1, -0.05) is 23.7 Å². The van der Waals surface area contributed by atoms with Crippen LogP contribution >= 0.6 is 11.6 Å². The van der Waals surface area contributed by atoms with E-state index in [2.05, 4.69) is 4.98 Å². The van der Waals surface area contributed by atoms with Crippen molar-refractivity contribution in [3.8, 4) is 0 Å². The Morgan fingerprint density at radius 2 is 2.20 bits per heavy atom. The van der Waals surface area contributed by atoms with Crippen molar-refractivity contribution in [2.45, 2.75) is 6.92 Å². The van der Waals surface area contributed by atoms with Crippen LogP contribution in [-0.2, 0) is 0 Å². The van der Waals surface area contributed by atoms with E-state index >= 15 is 0 Å². The van der Waals surface area contributed by atoms with Gasteiger partial charge in [-0.15, -0.1) is 0 Å². The fourth-order valence-corrected chi connectivity index (χ4v) is 1.76. The molecular weight excluding hydrogens is 216 g/mol. The number of halogens is 1. The van der Waals surface area contributed by atoms with Gasteiger partial charge in [0.05, 0.1) is 4.92 Å². The summed E-state index contributed by atoms with van der Waals surface area (Å²) in [4.78, 5) is 14.3. The molecule has 0 aliphatic heterocycles. The number of rotatable bonds is 1. The summed E-state index contributed by atoms with van der Waals surface area (Å²) in [6.07, 6.45) is 0. The molecular formula is C10H7ClN2O2. The molecule has 0 radical (unpaired) electrons. The zero-order valence-corrected chi connectivity index (χ0v) is 8.65. The van der Waals surface area contributed by atoms with E-state index in [0.29, 0.717) is 5.52 Å². The van der Waals surface area contributed by atoms with Crippen molar-refractivity contribution in [1.29, 1.82) is 0 Å². The second-order valence-corrected chi connectivity index (χ2v) is 3.58. The van der Waals surface area contributed by atoms with Crippen LogP contribution in [-0.4, -0.2) is 9.91 Å². The van der Waals surface area contributed by atoms with Gasteiger partial charge in [0.2, 0.25) is 0 Å². The van der Waals surface area contributed by atoms with Crippen molar-refractivity contribution in [2.75, 3.05) is 0 Å². The molecule has 0 amide bonds. The standard InChI is InChI=1S/C10H7ClN2O2/c1-6-5-9(11)12-10-7(6)3-2-4-8(10)13(14)15/h2-5H,1H3. The van der Waals surface area contributed by atoms with E-state index in [4.69, 9.17) is 11.6 Å². The van der Waals surface area contributed by atoms with E-state index in [9.17, 15) is 10.1 Å². The van der Waals surface area contributed by atoms with Crippen LogP contribution in [0.2, 0.25) is 5.15 Å². The van der Waals surface area contributed by atoms with Crippen LogP contribution in [0.5, 0.6) is 0 Å².